The van der Waals surface area contributed by atoms with Crippen LogP contribution in [0.25, 0.3) is 22.2 Å². The number of amides is 1. The van der Waals surface area contributed by atoms with Gasteiger partial charge in [-0.15, -0.1) is 0 Å². The Labute approximate surface area is 189 Å². The van der Waals surface area contributed by atoms with Gasteiger partial charge < -0.3 is 15.1 Å². The van der Waals surface area contributed by atoms with E-state index in [-0.39, 0.29) is 11.4 Å². The minimum absolute atomic E-state index is 0.0714. The SMILES string of the molecule is CN1CCN(c2nccc(C(=O)Nc3cc4nc(-c5cnn(C)c5)ccc4cn3)c2F)CC1. The lowest BCUT2D eigenvalue weighted by Crippen LogP contribution is -2.45. The van der Waals surface area contributed by atoms with Crippen molar-refractivity contribution in [3.8, 4) is 11.3 Å². The summed E-state index contributed by atoms with van der Waals surface area (Å²) in [5.74, 6) is -0.719. The maximum atomic E-state index is 15.2. The number of hydrogen-bond donors (Lipinski definition) is 1. The number of anilines is 2. The van der Waals surface area contributed by atoms with Crippen molar-refractivity contribution < 1.29 is 9.18 Å². The first kappa shape index (κ1) is 21.0. The van der Waals surface area contributed by atoms with E-state index in [0.717, 1.165) is 29.7 Å². The van der Waals surface area contributed by atoms with E-state index in [9.17, 15) is 4.79 Å². The number of pyridine rings is 3. The molecule has 9 nitrogen and oxygen atoms in total. The van der Waals surface area contributed by atoms with Gasteiger partial charge in [0.1, 0.15) is 5.82 Å². The summed E-state index contributed by atoms with van der Waals surface area (Å²) in [7, 11) is 3.87. The number of nitrogens with one attached hydrogen (secondary N) is 1. The lowest BCUT2D eigenvalue weighted by Gasteiger charge is -2.33. The monoisotopic (exact) mass is 446 g/mol. The molecule has 0 spiro atoms. The first-order valence-corrected chi connectivity index (χ1v) is 10.6. The molecular formula is C23H23FN8O. The van der Waals surface area contributed by atoms with Crippen molar-refractivity contribution in [3.05, 3.63) is 60.4 Å². The molecule has 1 fully saturated rings. The molecule has 4 aromatic rings. The van der Waals surface area contributed by atoms with Gasteiger partial charge in [0.2, 0.25) is 0 Å². The molecular weight excluding hydrogens is 423 g/mol. The number of halogens is 1. The number of hydrogen-bond acceptors (Lipinski definition) is 7. The number of carbonyl (C=O) groups excluding carboxylic acids is 1. The van der Waals surface area contributed by atoms with E-state index in [2.05, 4.69) is 30.3 Å². The molecule has 0 aliphatic carbocycles. The summed E-state index contributed by atoms with van der Waals surface area (Å²) in [6, 6.07) is 6.86. The van der Waals surface area contributed by atoms with E-state index in [1.165, 1.54) is 12.3 Å². The van der Waals surface area contributed by atoms with Gasteiger partial charge in [0, 0.05) is 68.8 Å². The van der Waals surface area contributed by atoms with Crippen LogP contribution in [-0.2, 0) is 7.05 Å². The van der Waals surface area contributed by atoms with E-state index < -0.39 is 11.7 Å². The zero-order valence-electron chi connectivity index (χ0n) is 18.4. The molecule has 0 bridgehead atoms. The second-order valence-corrected chi connectivity index (χ2v) is 8.10. The van der Waals surface area contributed by atoms with Crippen molar-refractivity contribution >= 4 is 28.4 Å². The Bertz CT molecular complexity index is 1330. The lowest BCUT2D eigenvalue weighted by molar-refractivity contribution is 0.102. The van der Waals surface area contributed by atoms with Gasteiger partial charge in [0.05, 0.1) is 23.0 Å². The molecule has 1 N–H and O–H groups in total. The molecule has 1 saturated heterocycles. The van der Waals surface area contributed by atoms with Gasteiger partial charge >= 0.3 is 0 Å². The first-order chi connectivity index (χ1) is 16.0. The number of fused-ring (bicyclic) bond motifs is 1. The Morgan fingerprint density at radius 1 is 1.06 bits per heavy atom. The maximum absolute atomic E-state index is 15.2. The Kier molecular flexibility index (Phi) is 5.43. The predicted octanol–water partition coefficient (Wildman–Crippen LogP) is 2.57. The maximum Gasteiger partial charge on any atom is 0.259 e. The average Bonchev–Trinajstić information content (AvgIpc) is 3.25. The van der Waals surface area contributed by atoms with Crippen molar-refractivity contribution in [1.29, 1.82) is 0 Å². The summed E-state index contributed by atoms with van der Waals surface area (Å²) in [5, 5.41) is 7.69. The quantitative estimate of drug-likeness (QED) is 0.515. The van der Waals surface area contributed by atoms with Gasteiger partial charge in [-0.3, -0.25) is 9.48 Å². The van der Waals surface area contributed by atoms with Gasteiger partial charge in [-0.1, -0.05) is 0 Å². The Hall–Kier alpha value is -3.92. The van der Waals surface area contributed by atoms with Crippen LogP contribution in [0.1, 0.15) is 10.4 Å². The molecule has 1 amide bonds. The smallest absolute Gasteiger partial charge is 0.259 e. The number of carbonyl (C=O) groups is 1. The van der Waals surface area contributed by atoms with Crippen LogP contribution in [0.4, 0.5) is 16.0 Å². The van der Waals surface area contributed by atoms with Crippen molar-refractivity contribution in [2.45, 2.75) is 0 Å². The Balaban J connectivity index is 1.39. The number of aryl methyl sites for hydroxylation is 1. The van der Waals surface area contributed by atoms with Crippen LogP contribution < -0.4 is 10.2 Å². The van der Waals surface area contributed by atoms with Gasteiger partial charge in [0.15, 0.2) is 11.6 Å². The zero-order chi connectivity index (χ0) is 22.9. The van der Waals surface area contributed by atoms with Gasteiger partial charge in [-0.2, -0.15) is 5.10 Å². The number of aromatic nitrogens is 5. The molecule has 0 radical (unpaired) electrons. The van der Waals surface area contributed by atoms with E-state index in [1.54, 1.807) is 23.1 Å². The zero-order valence-corrected chi connectivity index (χ0v) is 18.4. The molecule has 0 unspecified atom stereocenters. The fourth-order valence-electron chi connectivity index (χ4n) is 3.83. The van der Waals surface area contributed by atoms with Crippen LogP contribution in [0.5, 0.6) is 0 Å². The molecule has 5 rings (SSSR count). The molecule has 5 heterocycles. The molecule has 168 valence electrons. The molecule has 33 heavy (non-hydrogen) atoms. The van der Waals surface area contributed by atoms with Crippen LogP contribution >= 0.6 is 0 Å². The number of piperazine rings is 1. The topological polar surface area (TPSA) is 92.1 Å². The fraction of sp³-hybridized carbons (Fsp3) is 0.261. The third-order valence-electron chi connectivity index (χ3n) is 5.73. The largest absolute Gasteiger partial charge is 0.352 e. The van der Waals surface area contributed by atoms with Crippen LogP contribution in [0.3, 0.4) is 0 Å². The first-order valence-electron chi connectivity index (χ1n) is 10.6. The highest BCUT2D eigenvalue weighted by molar-refractivity contribution is 6.05. The van der Waals surface area contributed by atoms with Crippen LogP contribution in [-0.4, -0.2) is 68.8 Å². The normalized spacial score (nSPS) is 14.6. The van der Waals surface area contributed by atoms with Crippen molar-refractivity contribution in [1.82, 2.24) is 29.6 Å². The molecule has 0 saturated carbocycles. The minimum atomic E-state index is -0.627. The second kappa shape index (κ2) is 8.55. The van der Waals surface area contributed by atoms with Crippen LogP contribution in [0.15, 0.2) is 49.1 Å². The van der Waals surface area contributed by atoms with Crippen molar-refractivity contribution in [2.75, 3.05) is 43.4 Å². The lowest BCUT2D eigenvalue weighted by atomic mass is 10.2. The summed E-state index contributed by atoms with van der Waals surface area (Å²) in [4.78, 5) is 30.0. The molecule has 4 aromatic heterocycles. The number of nitrogens with zero attached hydrogens (tertiary/aromatic N) is 7. The summed E-state index contributed by atoms with van der Waals surface area (Å²) in [6.07, 6.45) is 6.70. The second-order valence-electron chi connectivity index (χ2n) is 8.10. The van der Waals surface area contributed by atoms with Gasteiger partial charge in [-0.05, 0) is 25.2 Å². The van der Waals surface area contributed by atoms with Crippen LogP contribution in [0.2, 0.25) is 0 Å². The van der Waals surface area contributed by atoms with Crippen LogP contribution in [0, 0.1) is 5.82 Å². The number of rotatable bonds is 4. The third-order valence-corrected chi connectivity index (χ3v) is 5.73. The Morgan fingerprint density at radius 3 is 2.64 bits per heavy atom. The predicted molar refractivity (Wildman–Crippen MR) is 124 cm³/mol. The van der Waals surface area contributed by atoms with Crippen molar-refractivity contribution in [2.24, 2.45) is 7.05 Å². The molecule has 1 aliphatic heterocycles. The minimum Gasteiger partial charge on any atom is -0.352 e. The summed E-state index contributed by atoms with van der Waals surface area (Å²) in [5.41, 5.74) is 2.24. The fourth-order valence-corrected chi connectivity index (χ4v) is 3.83. The molecule has 1 aliphatic rings. The van der Waals surface area contributed by atoms with Gasteiger partial charge in [0.25, 0.3) is 5.91 Å². The van der Waals surface area contributed by atoms with Gasteiger partial charge in [-0.25, -0.2) is 19.3 Å². The highest BCUT2D eigenvalue weighted by Gasteiger charge is 2.23. The highest BCUT2D eigenvalue weighted by Crippen LogP contribution is 2.24. The highest BCUT2D eigenvalue weighted by atomic mass is 19.1. The molecule has 0 atom stereocenters. The standard InChI is InChI=1S/C23H23FN8O/c1-30-7-9-32(10-8-30)22-21(24)17(5-6-25-22)23(33)29-20-11-19-15(12-26-20)3-4-18(28-19)16-13-27-31(2)14-16/h3-6,11-14H,7-10H2,1-2H3,(H,26,29,33). The summed E-state index contributed by atoms with van der Waals surface area (Å²) >= 11 is 0. The average molecular weight is 446 g/mol. The van der Waals surface area contributed by atoms with E-state index in [0.29, 0.717) is 24.4 Å². The van der Waals surface area contributed by atoms with E-state index in [4.69, 9.17) is 0 Å². The van der Waals surface area contributed by atoms with Crippen molar-refractivity contribution in [3.63, 3.8) is 0 Å². The third kappa shape index (κ3) is 4.24. The summed E-state index contributed by atoms with van der Waals surface area (Å²) in [6.45, 7) is 2.94. The van der Waals surface area contributed by atoms with E-state index in [1.807, 2.05) is 37.3 Å². The summed E-state index contributed by atoms with van der Waals surface area (Å²) < 4.78 is 16.9. The Morgan fingerprint density at radius 2 is 1.88 bits per heavy atom. The number of likely N-dealkylation sites (N-methyl/N-ethyl adjacent to an activating group) is 1. The molecule has 0 aromatic carbocycles. The molecule has 10 heteroatoms. The van der Waals surface area contributed by atoms with E-state index >= 15 is 4.39 Å².